The summed E-state index contributed by atoms with van der Waals surface area (Å²) < 4.78 is 0. The lowest BCUT2D eigenvalue weighted by atomic mass is 10.2. The van der Waals surface area contributed by atoms with E-state index in [1.54, 1.807) is 23.1 Å². The van der Waals surface area contributed by atoms with E-state index in [2.05, 4.69) is 5.32 Å². The van der Waals surface area contributed by atoms with Crippen molar-refractivity contribution in [1.29, 1.82) is 0 Å². The minimum Gasteiger partial charge on any atom is -0.336 e. The summed E-state index contributed by atoms with van der Waals surface area (Å²) in [6.07, 6.45) is 0. The number of benzene rings is 1. The zero-order chi connectivity index (χ0) is 11.5. The van der Waals surface area contributed by atoms with Crippen molar-refractivity contribution in [2.45, 2.75) is 0 Å². The summed E-state index contributed by atoms with van der Waals surface area (Å²) in [4.78, 5) is 13.9. The average molecular weight is 296 g/mol. The zero-order valence-corrected chi connectivity index (χ0v) is 11.4. The second-order valence-electron chi connectivity index (χ2n) is 3.70. The first-order valence-corrected chi connectivity index (χ1v) is 5.88. The summed E-state index contributed by atoms with van der Waals surface area (Å²) in [6.45, 7) is 3.12. The quantitative estimate of drug-likeness (QED) is 0.863. The molecule has 1 aliphatic heterocycles. The maximum absolute atomic E-state index is 12.1. The largest absolute Gasteiger partial charge is 0.336 e. The molecule has 1 heterocycles. The first-order chi connectivity index (χ1) is 7.66. The molecule has 0 spiro atoms. The molecular formula is C11H13Cl3N2O. The molecule has 0 atom stereocenters. The van der Waals surface area contributed by atoms with Gasteiger partial charge in [-0.1, -0.05) is 23.2 Å². The lowest BCUT2D eigenvalue weighted by Crippen LogP contribution is -2.46. The Balaban J connectivity index is 0.00000144. The molecule has 3 nitrogen and oxygen atoms in total. The highest BCUT2D eigenvalue weighted by atomic mass is 35.5. The number of hydrogen-bond donors (Lipinski definition) is 1. The van der Waals surface area contributed by atoms with E-state index in [0.717, 1.165) is 26.2 Å². The van der Waals surface area contributed by atoms with Crippen LogP contribution >= 0.6 is 35.6 Å². The van der Waals surface area contributed by atoms with E-state index in [4.69, 9.17) is 23.2 Å². The fourth-order valence-electron chi connectivity index (χ4n) is 1.73. The topological polar surface area (TPSA) is 32.3 Å². The SMILES string of the molecule is Cl.O=C(c1cc(Cl)cc(Cl)c1)N1CCNCC1. The Labute approximate surface area is 116 Å². The predicted octanol–water partition coefficient (Wildman–Crippen LogP) is 2.46. The van der Waals surface area contributed by atoms with Crippen molar-refractivity contribution in [2.75, 3.05) is 26.2 Å². The van der Waals surface area contributed by atoms with Gasteiger partial charge in [-0.25, -0.2) is 0 Å². The number of piperazine rings is 1. The predicted molar refractivity (Wildman–Crippen MR) is 72.5 cm³/mol. The third-order valence-electron chi connectivity index (χ3n) is 2.51. The van der Waals surface area contributed by atoms with Crippen molar-refractivity contribution >= 4 is 41.5 Å². The van der Waals surface area contributed by atoms with E-state index < -0.39 is 0 Å². The van der Waals surface area contributed by atoms with Crippen LogP contribution in [0.5, 0.6) is 0 Å². The van der Waals surface area contributed by atoms with E-state index in [-0.39, 0.29) is 18.3 Å². The second kappa shape index (κ2) is 6.45. The molecule has 0 radical (unpaired) electrons. The van der Waals surface area contributed by atoms with Crippen LogP contribution in [0, 0.1) is 0 Å². The fourth-order valence-corrected chi connectivity index (χ4v) is 2.25. The lowest BCUT2D eigenvalue weighted by molar-refractivity contribution is 0.0736. The molecule has 6 heteroatoms. The molecule has 1 aliphatic rings. The van der Waals surface area contributed by atoms with Crippen LogP contribution in [0.3, 0.4) is 0 Å². The van der Waals surface area contributed by atoms with Crippen LogP contribution in [-0.2, 0) is 0 Å². The second-order valence-corrected chi connectivity index (χ2v) is 4.57. The molecule has 2 rings (SSSR count). The Morgan fingerprint density at radius 3 is 2.18 bits per heavy atom. The summed E-state index contributed by atoms with van der Waals surface area (Å²) in [7, 11) is 0. The third kappa shape index (κ3) is 3.75. The number of nitrogens with zero attached hydrogens (tertiary/aromatic N) is 1. The smallest absolute Gasteiger partial charge is 0.254 e. The van der Waals surface area contributed by atoms with Gasteiger partial charge < -0.3 is 10.2 Å². The maximum Gasteiger partial charge on any atom is 0.254 e. The molecule has 0 aromatic heterocycles. The van der Waals surface area contributed by atoms with E-state index in [0.29, 0.717) is 15.6 Å². The Bertz CT molecular complexity index is 385. The van der Waals surface area contributed by atoms with Crippen LogP contribution in [0.15, 0.2) is 18.2 Å². The van der Waals surface area contributed by atoms with Gasteiger partial charge in [0.25, 0.3) is 5.91 Å². The van der Waals surface area contributed by atoms with Crippen LogP contribution in [0.2, 0.25) is 10.0 Å². The van der Waals surface area contributed by atoms with E-state index >= 15 is 0 Å². The van der Waals surface area contributed by atoms with Gasteiger partial charge in [0.1, 0.15) is 0 Å². The van der Waals surface area contributed by atoms with Gasteiger partial charge in [-0.05, 0) is 18.2 Å². The maximum atomic E-state index is 12.1. The van der Waals surface area contributed by atoms with Gasteiger partial charge in [0.15, 0.2) is 0 Å². The van der Waals surface area contributed by atoms with Crippen LogP contribution in [-0.4, -0.2) is 37.0 Å². The molecule has 0 unspecified atom stereocenters. The summed E-state index contributed by atoms with van der Waals surface area (Å²) in [5.74, 6) is -0.00843. The number of rotatable bonds is 1. The minimum atomic E-state index is -0.00843. The Hall–Kier alpha value is -0.480. The van der Waals surface area contributed by atoms with Crippen LogP contribution < -0.4 is 5.32 Å². The summed E-state index contributed by atoms with van der Waals surface area (Å²) in [6, 6.07) is 4.92. The summed E-state index contributed by atoms with van der Waals surface area (Å²) in [5, 5.41) is 4.18. The molecule has 1 aromatic rings. The molecule has 17 heavy (non-hydrogen) atoms. The lowest BCUT2D eigenvalue weighted by Gasteiger charge is -2.27. The zero-order valence-electron chi connectivity index (χ0n) is 9.08. The minimum absolute atomic E-state index is 0. The van der Waals surface area contributed by atoms with Crippen molar-refractivity contribution in [3.63, 3.8) is 0 Å². The first-order valence-electron chi connectivity index (χ1n) is 5.13. The van der Waals surface area contributed by atoms with Crippen molar-refractivity contribution in [3.05, 3.63) is 33.8 Å². The van der Waals surface area contributed by atoms with Gasteiger partial charge in [0.05, 0.1) is 0 Å². The average Bonchev–Trinajstić information content (AvgIpc) is 2.28. The van der Waals surface area contributed by atoms with Crippen molar-refractivity contribution in [3.8, 4) is 0 Å². The highest BCUT2D eigenvalue weighted by Gasteiger charge is 2.18. The highest BCUT2D eigenvalue weighted by Crippen LogP contribution is 2.20. The number of nitrogens with one attached hydrogen (secondary N) is 1. The van der Waals surface area contributed by atoms with Crippen LogP contribution in [0.1, 0.15) is 10.4 Å². The Morgan fingerprint density at radius 1 is 1.12 bits per heavy atom. The first kappa shape index (κ1) is 14.6. The molecule has 1 aromatic carbocycles. The van der Waals surface area contributed by atoms with Crippen LogP contribution in [0.25, 0.3) is 0 Å². The number of amides is 1. The van der Waals surface area contributed by atoms with E-state index in [1.807, 2.05) is 0 Å². The molecule has 1 N–H and O–H groups in total. The van der Waals surface area contributed by atoms with Crippen LogP contribution in [0.4, 0.5) is 0 Å². The molecule has 1 saturated heterocycles. The van der Waals surface area contributed by atoms with Gasteiger partial charge in [0.2, 0.25) is 0 Å². The van der Waals surface area contributed by atoms with Crippen molar-refractivity contribution in [1.82, 2.24) is 10.2 Å². The van der Waals surface area contributed by atoms with Crippen molar-refractivity contribution in [2.24, 2.45) is 0 Å². The molecule has 0 aliphatic carbocycles. The molecular weight excluding hydrogens is 282 g/mol. The molecule has 1 fully saturated rings. The number of halogens is 3. The van der Waals surface area contributed by atoms with Gasteiger partial charge in [0, 0.05) is 41.8 Å². The van der Waals surface area contributed by atoms with Gasteiger partial charge in [-0.2, -0.15) is 0 Å². The van der Waals surface area contributed by atoms with Gasteiger partial charge >= 0.3 is 0 Å². The summed E-state index contributed by atoms with van der Waals surface area (Å²) in [5.41, 5.74) is 0.555. The number of carbonyl (C=O) groups excluding carboxylic acids is 1. The Morgan fingerprint density at radius 2 is 1.65 bits per heavy atom. The van der Waals surface area contributed by atoms with Gasteiger partial charge in [-0.15, -0.1) is 12.4 Å². The normalized spacial score (nSPS) is 15.3. The monoisotopic (exact) mass is 294 g/mol. The van der Waals surface area contributed by atoms with E-state index in [1.165, 1.54) is 0 Å². The molecule has 94 valence electrons. The van der Waals surface area contributed by atoms with Crippen molar-refractivity contribution < 1.29 is 4.79 Å². The fraction of sp³-hybridized carbons (Fsp3) is 0.364. The number of carbonyl (C=O) groups is 1. The standard InChI is InChI=1S/C11H12Cl2N2O.ClH/c12-9-5-8(6-10(13)7-9)11(16)15-3-1-14-2-4-15;/h5-7,14H,1-4H2;1H. The highest BCUT2D eigenvalue weighted by molar-refractivity contribution is 6.35. The Kier molecular flexibility index (Phi) is 5.53. The molecule has 0 bridgehead atoms. The summed E-state index contributed by atoms with van der Waals surface area (Å²) >= 11 is 11.7. The molecule has 1 amide bonds. The number of hydrogen-bond acceptors (Lipinski definition) is 2. The molecule has 0 saturated carbocycles. The van der Waals surface area contributed by atoms with E-state index in [9.17, 15) is 4.79 Å². The van der Waals surface area contributed by atoms with Gasteiger partial charge in [-0.3, -0.25) is 4.79 Å². The third-order valence-corrected chi connectivity index (χ3v) is 2.95.